The molecule has 1 aromatic heterocycles. The Hall–Kier alpha value is -2.09. The SMILES string of the molecule is O=C(O)CC(NC(=O)NCc1ccsc1)C(=O)O. The molecule has 0 aliphatic rings. The van der Waals surface area contributed by atoms with Crippen LogP contribution in [0.4, 0.5) is 4.79 Å². The molecule has 0 bridgehead atoms. The number of nitrogens with one attached hydrogen (secondary N) is 2. The highest BCUT2D eigenvalue weighted by Gasteiger charge is 2.22. The van der Waals surface area contributed by atoms with Crippen molar-refractivity contribution < 1.29 is 24.6 Å². The van der Waals surface area contributed by atoms with Crippen molar-refractivity contribution in [1.29, 1.82) is 0 Å². The molecule has 0 aromatic carbocycles. The average molecular weight is 272 g/mol. The van der Waals surface area contributed by atoms with Crippen LogP contribution in [0.5, 0.6) is 0 Å². The fourth-order valence-electron chi connectivity index (χ4n) is 1.16. The van der Waals surface area contributed by atoms with Gasteiger partial charge in [0.2, 0.25) is 0 Å². The molecule has 1 heterocycles. The standard InChI is InChI=1S/C10H12N2O5S/c13-8(14)3-7(9(15)16)12-10(17)11-4-6-1-2-18-5-6/h1-2,5,7H,3-4H2,(H,13,14)(H,15,16)(H2,11,12,17). The molecule has 0 saturated carbocycles. The van der Waals surface area contributed by atoms with E-state index < -0.39 is 30.4 Å². The number of carboxylic acid groups (broad SMARTS) is 2. The number of carboxylic acids is 2. The summed E-state index contributed by atoms with van der Waals surface area (Å²) in [7, 11) is 0. The van der Waals surface area contributed by atoms with Crippen LogP contribution in [0.25, 0.3) is 0 Å². The monoisotopic (exact) mass is 272 g/mol. The molecule has 0 saturated heterocycles. The molecule has 0 aliphatic carbocycles. The number of thiophene rings is 1. The molecular weight excluding hydrogens is 260 g/mol. The first-order chi connectivity index (χ1) is 8.49. The summed E-state index contributed by atoms with van der Waals surface area (Å²) in [5, 5.41) is 25.4. The number of rotatable bonds is 6. The average Bonchev–Trinajstić information content (AvgIpc) is 2.77. The predicted molar refractivity (Wildman–Crippen MR) is 63.4 cm³/mol. The van der Waals surface area contributed by atoms with Crippen LogP contribution in [0.15, 0.2) is 16.8 Å². The zero-order chi connectivity index (χ0) is 13.5. The second-order valence-electron chi connectivity index (χ2n) is 3.45. The van der Waals surface area contributed by atoms with Crippen molar-refractivity contribution in [3.63, 3.8) is 0 Å². The van der Waals surface area contributed by atoms with Gasteiger partial charge in [-0.25, -0.2) is 9.59 Å². The third-order valence-electron chi connectivity index (χ3n) is 2.02. The summed E-state index contributed by atoms with van der Waals surface area (Å²) in [4.78, 5) is 32.5. The molecular formula is C10H12N2O5S. The number of amides is 2. The van der Waals surface area contributed by atoms with Gasteiger partial charge in [0.05, 0.1) is 6.42 Å². The molecule has 0 fully saturated rings. The highest BCUT2D eigenvalue weighted by Crippen LogP contribution is 2.04. The van der Waals surface area contributed by atoms with Crippen molar-refractivity contribution >= 4 is 29.3 Å². The first kappa shape index (κ1) is 14.0. The molecule has 1 rings (SSSR count). The van der Waals surface area contributed by atoms with E-state index in [4.69, 9.17) is 10.2 Å². The topological polar surface area (TPSA) is 116 Å². The summed E-state index contributed by atoms with van der Waals surface area (Å²) in [6.45, 7) is 0.259. The Morgan fingerprint density at radius 3 is 2.56 bits per heavy atom. The molecule has 1 atom stereocenters. The maximum Gasteiger partial charge on any atom is 0.326 e. The number of carbonyl (C=O) groups excluding carboxylic acids is 1. The van der Waals surface area contributed by atoms with E-state index in [1.54, 1.807) is 0 Å². The zero-order valence-electron chi connectivity index (χ0n) is 9.25. The Balaban J connectivity index is 2.41. The maximum absolute atomic E-state index is 11.4. The van der Waals surface area contributed by atoms with Crippen LogP contribution in [0.3, 0.4) is 0 Å². The van der Waals surface area contributed by atoms with E-state index >= 15 is 0 Å². The summed E-state index contributed by atoms with van der Waals surface area (Å²) in [5.74, 6) is -2.68. The normalized spacial score (nSPS) is 11.6. The van der Waals surface area contributed by atoms with Gasteiger partial charge in [-0.2, -0.15) is 11.3 Å². The van der Waals surface area contributed by atoms with Gasteiger partial charge in [-0.05, 0) is 22.4 Å². The lowest BCUT2D eigenvalue weighted by molar-refractivity contribution is -0.145. The quantitative estimate of drug-likeness (QED) is 0.601. The van der Waals surface area contributed by atoms with Crippen LogP contribution in [0.1, 0.15) is 12.0 Å². The molecule has 1 aromatic rings. The summed E-state index contributed by atoms with van der Waals surface area (Å²) < 4.78 is 0. The van der Waals surface area contributed by atoms with E-state index in [2.05, 4.69) is 10.6 Å². The van der Waals surface area contributed by atoms with Crippen molar-refractivity contribution in [3.05, 3.63) is 22.4 Å². The second kappa shape index (κ2) is 6.60. The molecule has 98 valence electrons. The molecule has 18 heavy (non-hydrogen) atoms. The summed E-state index contributed by atoms with van der Waals surface area (Å²) >= 11 is 1.47. The largest absolute Gasteiger partial charge is 0.481 e. The lowest BCUT2D eigenvalue weighted by Gasteiger charge is -2.12. The Morgan fingerprint density at radius 2 is 2.06 bits per heavy atom. The van der Waals surface area contributed by atoms with Crippen LogP contribution < -0.4 is 10.6 Å². The van der Waals surface area contributed by atoms with Gasteiger partial charge in [-0.15, -0.1) is 0 Å². The fraction of sp³-hybridized carbons (Fsp3) is 0.300. The van der Waals surface area contributed by atoms with Gasteiger partial charge in [-0.3, -0.25) is 4.79 Å². The minimum absolute atomic E-state index is 0.259. The maximum atomic E-state index is 11.4. The second-order valence-corrected chi connectivity index (χ2v) is 4.23. The van der Waals surface area contributed by atoms with E-state index in [1.165, 1.54) is 11.3 Å². The molecule has 7 nitrogen and oxygen atoms in total. The van der Waals surface area contributed by atoms with Gasteiger partial charge in [0.1, 0.15) is 6.04 Å². The molecule has 0 aliphatic heterocycles. The Kier molecular flexibility index (Phi) is 5.12. The van der Waals surface area contributed by atoms with Gasteiger partial charge in [-0.1, -0.05) is 0 Å². The minimum Gasteiger partial charge on any atom is -0.481 e. The smallest absolute Gasteiger partial charge is 0.326 e. The lowest BCUT2D eigenvalue weighted by Crippen LogP contribution is -2.46. The van der Waals surface area contributed by atoms with Crippen LogP contribution in [-0.2, 0) is 16.1 Å². The summed E-state index contributed by atoms with van der Waals surface area (Å²) in [6.07, 6.45) is -0.665. The lowest BCUT2D eigenvalue weighted by atomic mass is 10.2. The molecule has 0 radical (unpaired) electrons. The molecule has 0 spiro atoms. The van der Waals surface area contributed by atoms with Gasteiger partial charge in [0, 0.05) is 6.54 Å². The number of aliphatic carboxylic acids is 2. The van der Waals surface area contributed by atoms with Crippen molar-refractivity contribution in [1.82, 2.24) is 10.6 Å². The molecule has 1 unspecified atom stereocenters. The molecule has 4 N–H and O–H groups in total. The minimum atomic E-state index is -1.44. The third-order valence-corrected chi connectivity index (χ3v) is 2.75. The fourth-order valence-corrected chi connectivity index (χ4v) is 1.83. The number of urea groups is 1. The van der Waals surface area contributed by atoms with E-state index in [0.29, 0.717) is 0 Å². The van der Waals surface area contributed by atoms with E-state index in [1.807, 2.05) is 16.8 Å². The Labute approximate surface area is 106 Å². The third kappa shape index (κ3) is 4.83. The first-order valence-corrected chi connectivity index (χ1v) is 5.93. The van der Waals surface area contributed by atoms with Gasteiger partial charge >= 0.3 is 18.0 Å². The summed E-state index contributed by atoms with van der Waals surface area (Å²) in [5.41, 5.74) is 0.889. The molecule has 2 amide bonds. The van der Waals surface area contributed by atoms with Gasteiger partial charge in [0.15, 0.2) is 0 Å². The molecule has 8 heteroatoms. The van der Waals surface area contributed by atoms with Crippen LogP contribution in [0, 0.1) is 0 Å². The van der Waals surface area contributed by atoms with Crippen molar-refractivity contribution in [2.75, 3.05) is 0 Å². The number of hydrogen-bond donors (Lipinski definition) is 4. The van der Waals surface area contributed by atoms with Crippen molar-refractivity contribution in [3.8, 4) is 0 Å². The predicted octanol–water partition coefficient (Wildman–Crippen LogP) is 0.475. The summed E-state index contributed by atoms with van der Waals surface area (Å²) in [6, 6.07) is -0.337. The van der Waals surface area contributed by atoms with Crippen LogP contribution >= 0.6 is 11.3 Å². The zero-order valence-corrected chi connectivity index (χ0v) is 10.1. The Morgan fingerprint density at radius 1 is 1.33 bits per heavy atom. The van der Waals surface area contributed by atoms with E-state index in [9.17, 15) is 14.4 Å². The van der Waals surface area contributed by atoms with E-state index in [-0.39, 0.29) is 6.54 Å². The van der Waals surface area contributed by atoms with Crippen molar-refractivity contribution in [2.45, 2.75) is 19.0 Å². The number of carbonyl (C=O) groups is 3. The number of hydrogen-bond acceptors (Lipinski definition) is 4. The highest BCUT2D eigenvalue weighted by molar-refractivity contribution is 7.07. The van der Waals surface area contributed by atoms with Crippen molar-refractivity contribution in [2.24, 2.45) is 0 Å². The van der Waals surface area contributed by atoms with Crippen LogP contribution in [-0.4, -0.2) is 34.2 Å². The highest BCUT2D eigenvalue weighted by atomic mass is 32.1. The van der Waals surface area contributed by atoms with Gasteiger partial charge in [0.25, 0.3) is 0 Å². The first-order valence-electron chi connectivity index (χ1n) is 4.99. The van der Waals surface area contributed by atoms with E-state index in [0.717, 1.165) is 5.56 Å². The Bertz CT molecular complexity index is 431. The van der Waals surface area contributed by atoms with Gasteiger partial charge < -0.3 is 20.8 Å². The van der Waals surface area contributed by atoms with Crippen LogP contribution in [0.2, 0.25) is 0 Å².